The first-order chi connectivity index (χ1) is 12.9. The number of aromatic nitrogens is 3. The number of carbonyl (C=O) groups is 1. The molecule has 0 saturated heterocycles. The zero-order chi connectivity index (χ0) is 19.6. The minimum Gasteiger partial charge on any atom is -0.411 e. The van der Waals surface area contributed by atoms with Gasteiger partial charge in [-0.3, -0.25) is 4.79 Å². The van der Waals surface area contributed by atoms with Crippen molar-refractivity contribution >= 4 is 17.5 Å². The summed E-state index contributed by atoms with van der Waals surface area (Å²) in [5.41, 5.74) is 5.92. The summed E-state index contributed by atoms with van der Waals surface area (Å²) >= 11 is 1.27. The van der Waals surface area contributed by atoms with E-state index in [1.165, 1.54) is 11.8 Å². The maximum Gasteiger partial charge on any atom is 0.277 e. The molecule has 0 spiro atoms. The average molecular weight is 382 g/mol. The smallest absolute Gasteiger partial charge is 0.277 e. The van der Waals surface area contributed by atoms with Crippen LogP contribution >= 0.6 is 11.8 Å². The number of ketones is 1. The van der Waals surface area contributed by atoms with Crippen LogP contribution in [-0.4, -0.2) is 26.3 Å². The Kier molecular flexibility index (Phi) is 5.65. The van der Waals surface area contributed by atoms with Gasteiger partial charge in [0, 0.05) is 29.1 Å². The molecule has 0 aliphatic carbocycles. The maximum atomic E-state index is 12.6. The van der Waals surface area contributed by atoms with E-state index in [1.807, 2.05) is 52.0 Å². The largest absolute Gasteiger partial charge is 0.411 e. The van der Waals surface area contributed by atoms with Crippen LogP contribution in [0.5, 0.6) is 0 Å². The average Bonchev–Trinajstić information content (AvgIpc) is 3.19. The fourth-order valence-electron chi connectivity index (χ4n) is 3.18. The van der Waals surface area contributed by atoms with Gasteiger partial charge in [0.1, 0.15) is 0 Å². The van der Waals surface area contributed by atoms with Gasteiger partial charge in [0.2, 0.25) is 5.89 Å². The summed E-state index contributed by atoms with van der Waals surface area (Å²) in [6.45, 7) is 12.5. The van der Waals surface area contributed by atoms with E-state index in [4.69, 9.17) is 4.42 Å². The fraction of sp³-hybridized carbons (Fsp3) is 0.286. The lowest BCUT2D eigenvalue weighted by Crippen LogP contribution is -2.06. The molecule has 2 aromatic heterocycles. The number of allylic oxidation sites excluding steroid dienone is 1. The second kappa shape index (κ2) is 7.96. The van der Waals surface area contributed by atoms with Crippen LogP contribution in [0, 0.1) is 27.7 Å². The number of Topliss-reactive ketones (excluding diaryl/α,β-unsaturated/α-hetero) is 1. The van der Waals surface area contributed by atoms with Crippen LogP contribution in [0.1, 0.15) is 32.9 Å². The second-order valence-corrected chi connectivity index (χ2v) is 7.57. The van der Waals surface area contributed by atoms with E-state index < -0.39 is 0 Å². The van der Waals surface area contributed by atoms with Crippen molar-refractivity contribution in [1.29, 1.82) is 0 Å². The molecular weight excluding hydrogens is 358 g/mol. The SMILES string of the molecule is C=CCn1c(C)cc(C(=O)CSc2nnc(-c3cc(C)cc(C)c3)o2)c1C. The summed E-state index contributed by atoms with van der Waals surface area (Å²) in [5, 5.41) is 8.58. The highest BCUT2D eigenvalue weighted by molar-refractivity contribution is 7.99. The lowest BCUT2D eigenvalue weighted by atomic mass is 10.1. The molecule has 0 bridgehead atoms. The molecule has 0 radical (unpaired) electrons. The first-order valence-electron chi connectivity index (χ1n) is 8.75. The number of benzene rings is 1. The van der Waals surface area contributed by atoms with E-state index in [-0.39, 0.29) is 11.5 Å². The first-order valence-corrected chi connectivity index (χ1v) is 9.73. The Balaban J connectivity index is 1.71. The Labute approximate surface area is 163 Å². The third-order valence-corrected chi connectivity index (χ3v) is 5.21. The lowest BCUT2D eigenvalue weighted by molar-refractivity contribution is 0.102. The summed E-state index contributed by atoms with van der Waals surface area (Å²) in [6.07, 6.45) is 1.83. The monoisotopic (exact) mass is 381 g/mol. The van der Waals surface area contributed by atoms with Crippen molar-refractivity contribution in [2.45, 2.75) is 39.5 Å². The van der Waals surface area contributed by atoms with Gasteiger partial charge >= 0.3 is 0 Å². The highest BCUT2D eigenvalue weighted by Gasteiger charge is 2.17. The van der Waals surface area contributed by atoms with Gasteiger partial charge in [0.25, 0.3) is 5.22 Å². The van der Waals surface area contributed by atoms with Gasteiger partial charge in [-0.25, -0.2) is 0 Å². The molecule has 3 aromatic rings. The minimum atomic E-state index is 0.0505. The Morgan fingerprint density at radius 1 is 1.15 bits per heavy atom. The summed E-state index contributed by atoms with van der Waals surface area (Å²) < 4.78 is 7.81. The normalized spacial score (nSPS) is 11.0. The van der Waals surface area contributed by atoms with E-state index in [9.17, 15) is 4.79 Å². The molecule has 0 saturated carbocycles. The fourth-order valence-corrected chi connectivity index (χ4v) is 3.83. The van der Waals surface area contributed by atoms with Gasteiger partial charge in [0.05, 0.1) is 5.75 Å². The third-order valence-electron chi connectivity index (χ3n) is 4.39. The van der Waals surface area contributed by atoms with Crippen molar-refractivity contribution in [1.82, 2.24) is 14.8 Å². The highest BCUT2D eigenvalue weighted by Crippen LogP contribution is 2.26. The number of hydrogen-bond acceptors (Lipinski definition) is 5. The molecular formula is C21H23N3O2S. The van der Waals surface area contributed by atoms with Crippen molar-refractivity contribution in [3.05, 3.63) is 65.0 Å². The third kappa shape index (κ3) is 4.22. The van der Waals surface area contributed by atoms with Crippen LogP contribution in [0.3, 0.4) is 0 Å². The Morgan fingerprint density at radius 2 is 1.85 bits per heavy atom. The van der Waals surface area contributed by atoms with Crippen molar-refractivity contribution in [3.8, 4) is 11.5 Å². The van der Waals surface area contributed by atoms with Gasteiger partial charge in [-0.1, -0.05) is 35.0 Å². The molecule has 5 nitrogen and oxygen atoms in total. The molecule has 0 amide bonds. The van der Waals surface area contributed by atoms with Crippen LogP contribution < -0.4 is 0 Å². The molecule has 140 valence electrons. The number of carbonyl (C=O) groups excluding carboxylic acids is 1. The van der Waals surface area contributed by atoms with Crippen molar-refractivity contribution < 1.29 is 9.21 Å². The Bertz CT molecular complexity index is 981. The predicted molar refractivity (Wildman–Crippen MR) is 108 cm³/mol. The molecule has 0 N–H and O–H groups in total. The van der Waals surface area contributed by atoms with Crippen LogP contribution in [0.25, 0.3) is 11.5 Å². The van der Waals surface area contributed by atoms with Gasteiger partial charge in [-0.05, 0) is 45.9 Å². The minimum absolute atomic E-state index is 0.0505. The molecule has 0 atom stereocenters. The summed E-state index contributed by atoms with van der Waals surface area (Å²) in [6, 6.07) is 8.04. The molecule has 6 heteroatoms. The van der Waals surface area contributed by atoms with Crippen LogP contribution in [0.4, 0.5) is 0 Å². The summed E-state index contributed by atoms with van der Waals surface area (Å²) in [7, 11) is 0. The second-order valence-electron chi connectivity index (χ2n) is 6.65. The highest BCUT2D eigenvalue weighted by atomic mass is 32.2. The van der Waals surface area contributed by atoms with Gasteiger partial charge in [-0.2, -0.15) is 0 Å². The van der Waals surface area contributed by atoms with Crippen LogP contribution in [-0.2, 0) is 6.54 Å². The molecule has 0 aliphatic rings. The molecule has 27 heavy (non-hydrogen) atoms. The summed E-state index contributed by atoms with van der Waals surface area (Å²) in [4.78, 5) is 12.6. The molecule has 3 rings (SSSR count). The topological polar surface area (TPSA) is 60.9 Å². The van der Waals surface area contributed by atoms with E-state index >= 15 is 0 Å². The zero-order valence-corrected chi connectivity index (χ0v) is 16.9. The van der Waals surface area contributed by atoms with Gasteiger partial charge < -0.3 is 8.98 Å². The molecule has 0 aliphatic heterocycles. The van der Waals surface area contributed by atoms with Crippen LogP contribution in [0.15, 0.2) is 46.6 Å². The molecule has 0 fully saturated rings. The Hall–Kier alpha value is -2.60. The number of rotatable bonds is 7. The first kappa shape index (κ1) is 19.2. The van der Waals surface area contributed by atoms with Crippen LogP contribution in [0.2, 0.25) is 0 Å². The van der Waals surface area contributed by atoms with Gasteiger partial charge in [0.15, 0.2) is 5.78 Å². The number of nitrogens with zero attached hydrogens (tertiary/aromatic N) is 3. The van der Waals surface area contributed by atoms with E-state index in [0.29, 0.717) is 17.7 Å². The van der Waals surface area contributed by atoms with E-state index in [2.05, 4.69) is 27.4 Å². The predicted octanol–water partition coefficient (Wildman–Crippen LogP) is 4.93. The number of hydrogen-bond donors (Lipinski definition) is 0. The zero-order valence-electron chi connectivity index (χ0n) is 16.1. The van der Waals surface area contributed by atoms with Crippen molar-refractivity contribution in [3.63, 3.8) is 0 Å². The van der Waals surface area contributed by atoms with Crippen molar-refractivity contribution in [2.75, 3.05) is 5.75 Å². The molecule has 2 heterocycles. The number of thioether (sulfide) groups is 1. The quantitative estimate of drug-likeness (QED) is 0.330. The van der Waals surface area contributed by atoms with E-state index in [0.717, 1.165) is 33.6 Å². The van der Waals surface area contributed by atoms with Crippen molar-refractivity contribution in [2.24, 2.45) is 0 Å². The molecule has 0 unspecified atom stereocenters. The maximum absolute atomic E-state index is 12.6. The van der Waals surface area contributed by atoms with E-state index in [1.54, 1.807) is 0 Å². The van der Waals surface area contributed by atoms with Gasteiger partial charge in [-0.15, -0.1) is 16.8 Å². The Morgan fingerprint density at radius 3 is 2.52 bits per heavy atom. The standard InChI is InChI=1S/C21H23N3O2S/c1-6-7-24-15(4)11-18(16(24)5)19(25)12-27-21-23-22-20(26-21)17-9-13(2)8-14(3)10-17/h6,8-11H,1,7,12H2,2-5H3. The lowest BCUT2D eigenvalue weighted by Gasteiger charge is -2.05. The molecule has 1 aromatic carbocycles. The summed E-state index contributed by atoms with van der Waals surface area (Å²) in [5.74, 6) is 0.780. The number of aryl methyl sites for hydroxylation is 3.